The van der Waals surface area contributed by atoms with Gasteiger partial charge in [-0.1, -0.05) is 30.3 Å². The standard InChI is InChI=1S/C13H16N4O/c1-9(18)8-15-12-7-11(14)16-13(17-12)10-5-3-2-4-6-10/h2-7,9,18H,8H2,1H3,(H3,14,15,16,17). The lowest BCUT2D eigenvalue weighted by molar-refractivity contribution is 0.208. The van der Waals surface area contributed by atoms with Gasteiger partial charge in [-0.2, -0.15) is 0 Å². The van der Waals surface area contributed by atoms with Crippen LogP contribution >= 0.6 is 0 Å². The summed E-state index contributed by atoms with van der Waals surface area (Å²) in [6.07, 6.45) is -0.443. The number of hydrogen-bond acceptors (Lipinski definition) is 5. The Kier molecular flexibility index (Phi) is 3.74. The number of anilines is 2. The van der Waals surface area contributed by atoms with Gasteiger partial charge in [0.2, 0.25) is 0 Å². The maximum atomic E-state index is 9.23. The number of nitrogens with zero attached hydrogens (tertiary/aromatic N) is 2. The molecule has 0 bridgehead atoms. The van der Waals surface area contributed by atoms with Gasteiger partial charge < -0.3 is 16.2 Å². The summed E-state index contributed by atoms with van der Waals surface area (Å²) in [5, 5.41) is 12.2. The van der Waals surface area contributed by atoms with Gasteiger partial charge >= 0.3 is 0 Å². The molecule has 0 fully saturated rings. The number of aromatic nitrogens is 2. The highest BCUT2D eigenvalue weighted by Gasteiger charge is 2.05. The SMILES string of the molecule is CC(O)CNc1cc(N)nc(-c2ccccc2)n1. The van der Waals surface area contributed by atoms with Crippen LogP contribution in [0.4, 0.5) is 11.6 Å². The van der Waals surface area contributed by atoms with Crippen molar-refractivity contribution in [2.24, 2.45) is 0 Å². The van der Waals surface area contributed by atoms with E-state index < -0.39 is 6.10 Å². The minimum atomic E-state index is -0.443. The first kappa shape index (κ1) is 12.3. The van der Waals surface area contributed by atoms with Gasteiger partial charge in [-0.05, 0) is 6.92 Å². The third-order valence-electron chi connectivity index (χ3n) is 2.36. The number of nitrogen functional groups attached to an aromatic ring is 1. The molecule has 5 heteroatoms. The van der Waals surface area contributed by atoms with Crippen LogP contribution in [0.3, 0.4) is 0 Å². The Hall–Kier alpha value is -2.14. The topological polar surface area (TPSA) is 84.1 Å². The zero-order valence-corrected chi connectivity index (χ0v) is 10.2. The third-order valence-corrected chi connectivity index (χ3v) is 2.36. The molecule has 4 N–H and O–H groups in total. The van der Waals surface area contributed by atoms with Gasteiger partial charge in [-0.3, -0.25) is 0 Å². The normalized spacial score (nSPS) is 12.1. The maximum absolute atomic E-state index is 9.23. The molecule has 5 nitrogen and oxygen atoms in total. The fourth-order valence-electron chi connectivity index (χ4n) is 1.53. The molecule has 1 aromatic carbocycles. The lowest BCUT2D eigenvalue weighted by atomic mass is 10.2. The molecule has 1 aromatic heterocycles. The predicted molar refractivity (Wildman–Crippen MR) is 72.1 cm³/mol. The second-order valence-corrected chi connectivity index (χ2v) is 4.10. The van der Waals surface area contributed by atoms with Crippen molar-refractivity contribution < 1.29 is 5.11 Å². The molecule has 0 radical (unpaired) electrons. The Morgan fingerprint density at radius 3 is 2.67 bits per heavy atom. The second kappa shape index (κ2) is 5.46. The molecular weight excluding hydrogens is 228 g/mol. The molecule has 0 spiro atoms. The predicted octanol–water partition coefficient (Wildman–Crippen LogP) is 1.52. The van der Waals surface area contributed by atoms with E-state index in [4.69, 9.17) is 5.73 Å². The highest BCUT2D eigenvalue weighted by Crippen LogP contribution is 2.18. The molecule has 94 valence electrons. The highest BCUT2D eigenvalue weighted by atomic mass is 16.3. The van der Waals surface area contributed by atoms with E-state index in [-0.39, 0.29) is 0 Å². The lowest BCUT2D eigenvalue weighted by Crippen LogP contribution is -2.16. The molecule has 1 heterocycles. The molecule has 1 atom stereocenters. The molecule has 0 amide bonds. The van der Waals surface area contributed by atoms with Crippen molar-refractivity contribution in [1.29, 1.82) is 0 Å². The van der Waals surface area contributed by atoms with Crippen LogP contribution in [-0.2, 0) is 0 Å². The number of nitrogens with two attached hydrogens (primary N) is 1. The molecule has 0 aliphatic carbocycles. The van der Waals surface area contributed by atoms with E-state index >= 15 is 0 Å². The quantitative estimate of drug-likeness (QED) is 0.759. The molecule has 2 aromatic rings. The van der Waals surface area contributed by atoms with E-state index in [0.717, 1.165) is 5.56 Å². The van der Waals surface area contributed by atoms with Crippen molar-refractivity contribution in [3.8, 4) is 11.4 Å². The smallest absolute Gasteiger partial charge is 0.163 e. The summed E-state index contributed by atoms with van der Waals surface area (Å²) >= 11 is 0. The van der Waals surface area contributed by atoms with Crippen molar-refractivity contribution in [3.63, 3.8) is 0 Å². The average molecular weight is 244 g/mol. The first-order valence-electron chi connectivity index (χ1n) is 5.77. The van der Waals surface area contributed by atoms with E-state index in [1.54, 1.807) is 13.0 Å². The van der Waals surface area contributed by atoms with Crippen LogP contribution in [0.15, 0.2) is 36.4 Å². The minimum absolute atomic E-state index is 0.400. The van der Waals surface area contributed by atoms with Gasteiger partial charge in [0.25, 0.3) is 0 Å². The van der Waals surface area contributed by atoms with Gasteiger partial charge in [0.1, 0.15) is 11.6 Å². The number of aliphatic hydroxyl groups excluding tert-OH is 1. The maximum Gasteiger partial charge on any atom is 0.163 e. The van der Waals surface area contributed by atoms with Crippen molar-refractivity contribution in [2.75, 3.05) is 17.6 Å². The van der Waals surface area contributed by atoms with E-state index in [0.29, 0.717) is 24.0 Å². The summed E-state index contributed by atoms with van der Waals surface area (Å²) in [7, 11) is 0. The molecule has 0 aliphatic rings. The molecule has 0 saturated carbocycles. The first-order chi connectivity index (χ1) is 8.65. The Morgan fingerprint density at radius 1 is 1.28 bits per heavy atom. The first-order valence-corrected chi connectivity index (χ1v) is 5.77. The Morgan fingerprint density at radius 2 is 2.00 bits per heavy atom. The van der Waals surface area contributed by atoms with Gasteiger partial charge in [0.05, 0.1) is 6.10 Å². The summed E-state index contributed by atoms with van der Waals surface area (Å²) in [5.74, 6) is 1.59. The molecule has 0 aliphatic heterocycles. The van der Waals surface area contributed by atoms with Gasteiger partial charge in [0, 0.05) is 18.2 Å². The van der Waals surface area contributed by atoms with Crippen LogP contribution in [-0.4, -0.2) is 27.7 Å². The van der Waals surface area contributed by atoms with Crippen molar-refractivity contribution in [2.45, 2.75) is 13.0 Å². The van der Waals surface area contributed by atoms with Crippen molar-refractivity contribution in [3.05, 3.63) is 36.4 Å². The Labute approximate surface area is 106 Å². The number of rotatable bonds is 4. The average Bonchev–Trinajstić information content (AvgIpc) is 2.37. The summed E-state index contributed by atoms with van der Waals surface area (Å²) in [6.45, 7) is 2.13. The Bertz CT molecular complexity index is 514. The van der Waals surface area contributed by atoms with Crippen LogP contribution in [0.25, 0.3) is 11.4 Å². The van der Waals surface area contributed by atoms with Crippen LogP contribution in [0.5, 0.6) is 0 Å². The number of benzene rings is 1. The largest absolute Gasteiger partial charge is 0.392 e. The van der Waals surface area contributed by atoms with E-state index in [1.165, 1.54) is 0 Å². The van der Waals surface area contributed by atoms with Crippen molar-refractivity contribution >= 4 is 11.6 Å². The fraction of sp³-hybridized carbons (Fsp3) is 0.231. The van der Waals surface area contributed by atoms with Gasteiger partial charge in [-0.25, -0.2) is 9.97 Å². The number of hydrogen-bond donors (Lipinski definition) is 3. The Balaban J connectivity index is 2.27. The number of nitrogens with one attached hydrogen (secondary N) is 1. The second-order valence-electron chi connectivity index (χ2n) is 4.10. The monoisotopic (exact) mass is 244 g/mol. The summed E-state index contributed by atoms with van der Waals surface area (Å²) < 4.78 is 0. The van der Waals surface area contributed by atoms with E-state index in [2.05, 4.69) is 15.3 Å². The summed E-state index contributed by atoms with van der Waals surface area (Å²) in [4.78, 5) is 8.56. The van der Waals surface area contributed by atoms with Crippen LogP contribution in [0.2, 0.25) is 0 Å². The molecule has 2 rings (SSSR count). The van der Waals surface area contributed by atoms with Gasteiger partial charge in [-0.15, -0.1) is 0 Å². The zero-order valence-electron chi connectivity index (χ0n) is 10.2. The number of aliphatic hydroxyl groups is 1. The van der Waals surface area contributed by atoms with Crippen LogP contribution in [0.1, 0.15) is 6.92 Å². The molecule has 1 unspecified atom stereocenters. The summed E-state index contributed by atoms with van der Waals surface area (Å²) in [6, 6.07) is 11.3. The summed E-state index contributed by atoms with van der Waals surface area (Å²) in [5.41, 5.74) is 6.66. The minimum Gasteiger partial charge on any atom is -0.392 e. The third kappa shape index (κ3) is 3.18. The van der Waals surface area contributed by atoms with Crippen LogP contribution in [0, 0.1) is 0 Å². The molecule has 18 heavy (non-hydrogen) atoms. The van der Waals surface area contributed by atoms with Gasteiger partial charge in [0.15, 0.2) is 5.82 Å². The lowest BCUT2D eigenvalue weighted by Gasteiger charge is -2.09. The highest BCUT2D eigenvalue weighted by molar-refractivity contribution is 5.60. The molecule has 0 saturated heterocycles. The van der Waals surface area contributed by atoms with E-state index in [1.807, 2.05) is 30.3 Å². The zero-order chi connectivity index (χ0) is 13.0. The molecular formula is C13H16N4O. The van der Waals surface area contributed by atoms with Crippen LogP contribution < -0.4 is 11.1 Å². The fourth-order valence-corrected chi connectivity index (χ4v) is 1.53. The van der Waals surface area contributed by atoms with E-state index in [9.17, 15) is 5.11 Å². The van der Waals surface area contributed by atoms with Crippen molar-refractivity contribution in [1.82, 2.24) is 9.97 Å².